The van der Waals surface area contributed by atoms with Gasteiger partial charge in [-0.25, -0.2) is 4.98 Å². The van der Waals surface area contributed by atoms with E-state index < -0.39 is 5.92 Å². The Morgan fingerprint density at radius 2 is 1.82 bits per heavy atom. The monoisotopic (exact) mass is 541 g/mol. The van der Waals surface area contributed by atoms with Crippen molar-refractivity contribution in [2.45, 2.75) is 19.3 Å². The molecule has 2 N–H and O–H groups in total. The van der Waals surface area contributed by atoms with E-state index in [1.807, 2.05) is 54.6 Å². The average molecular weight is 542 g/mol. The van der Waals surface area contributed by atoms with Gasteiger partial charge in [-0.3, -0.25) is 14.4 Å². The van der Waals surface area contributed by atoms with Crippen LogP contribution < -0.4 is 10.1 Å². The van der Waals surface area contributed by atoms with E-state index in [4.69, 9.17) is 9.15 Å². The van der Waals surface area contributed by atoms with Gasteiger partial charge in [0.2, 0.25) is 5.91 Å². The summed E-state index contributed by atoms with van der Waals surface area (Å²) in [6, 6.07) is 17.3. The zero-order valence-corrected chi connectivity index (χ0v) is 22.3. The van der Waals surface area contributed by atoms with E-state index in [1.54, 1.807) is 16.7 Å². The number of nitrogens with one attached hydrogen (secondary N) is 2. The SMILES string of the molecule is Cc1ocnc1C(=O)N1CCCOc2cccc(c2)[C@H]2CN(C(=O)c3cc4ccccc4[nH]3)C[C@@H]2C(=O)NCC1. The number of carbonyl (C=O) groups excluding carboxylic acids is 3. The molecule has 2 aliphatic heterocycles. The van der Waals surface area contributed by atoms with Crippen LogP contribution in [0.1, 0.15) is 44.6 Å². The highest BCUT2D eigenvalue weighted by molar-refractivity contribution is 5.98. The molecule has 2 atom stereocenters. The number of hydrogen-bond donors (Lipinski definition) is 2. The number of likely N-dealkylation sites (tertiary alicyclic amines) is 1. The normalized spacial score (nSPS) is 20.0. The molecule has 3 amide bonds. The van der Waals surface area contributed by atoms with Crippen LogP contribution in [0.4, 0.5) is 0 Å². The van der Waals surface area contributed by atoms with Crippen LogP contribution in [-0.2, 0) is 4.79 Å². The van der Waals surface area contributed by atoms with Gasteiger partial charge in [0.25, 0.3) is 11.8 Å². The third kappa shape index (κ3) is 5.04. The van der Waals surface area contributed by atoms with Crippen LogP contribution in [0.25, 0.3) is 10.9 Å². The second kappa shape index (κ2) is 10.9. The first-order valence-electron chi connectivity index (χ1n) is 13.5. The first kappa shape index (κ1) is 25.7. The van der Waals surface area contributed by atoms with Crippen LogP contribution in [0, 0.1) is 12.8 Å². The molecule has 2 aromatic carbocycles. The Balaban J connectivity index is 1.24. The maximum Gasteiger partial charge on any atom is 0.276 e. The molecule has 40 heavy (non-hydrogen) atoms. The summed E-state index contributed by atoms with van der Waals surface area (Å²) < 4.78 is 11.3. The lowest BCUT2D eigenvalue weighted by molar-refractivity contribution is -0.125. The highest BCUT2D eigenvalue weighted by atomic mass is 16.5. The molecule has 2 bridgehead atoms. The number of amides is 3. The lowest BCUT2D eigenvalue weighted by Crippen LogP contribution is -2.42. The number of para-hydroxylation sites is 1. The number of H-pyrrole nitrogens is 1. The summed E-state index contributed by atoms with van der Waals surface area (Å²) in [5.41, 5.74) is 2.62. The summed E-state index contributed by atoms with van der Waals surface area (Å²) in [5, 5.41) is 3.99. The van der Waals surface area contributed by atoms with Crippen LogP contribution in [0.2, 0.25) is 0 Å². The molecule has 10 heteroatoms. The maximum atomic E-state index is 13.5. The summed E-state index contributed by atoms with van der Waals surface area (Å²) in [6.45, 7) is 3.86. The Morgan fingerprint density at radius 3 is 2.65 bits per heavy atom. The number of nitrogens with zero attached hydrogens (tertiary/aromatic N) is 3. The van der Waals surface area contributed by atoms with Crippen molar-refractivity contribution in [3.05, 3.63) is 83.7 Å². The number of aromatic amines is 1. The molecule has 0 spiro atoms. The van der Waals surface area contributed by atoms with Crippen LogP contribution in [0.15, 0.2) is 65.4 Å². The van der Waals surface area contributed by atoms with Gasteiger partial charge in [-0.05, 0) is 43.2 Å². The molecule has 0 unspecified atom stereocenters. The van der Waals surface area contributed by atoms with Crippen molar-refractivity contribution in [2.24, 2.45) is 5.92 Å². The van der Waals surface area contributed by atoms with E-state index in [1.165, 1.54) is 6.39 Å². The lowest BCUT2D eigenvalue weighted by atomic mass is 9.88. The predicted octanol–water partition coefficient (Wildman–Crippen LogP) is 3.36. The van der Waals surface area contributed by atoms with Gasteiger partial charge in [-0.2, -0.15) is 0 Å². The number of aromatic nitrogens is 2. The van der Waals surface area contributed by atoms with Gasteiger partial charge in [0, 0.05) is 49.5 Å². The Labute approximate surface area is 231 Å². The Bertz CT molecular complexity index is 1530. The van der Waals surface area contributed by atoms with Gasteiger partial charge in [0.05, 0.1) is 12.5 Å². The van der Waals surface area contributed by atoms with E-state index >= 15 is 0 Å². The van der Waals surface area contributed by atoms with Crippen LogP contribution >= 0.6 is 0 Å². The fourth-order valence-corrected chi connectivity index (χ4v) is 5.63. The number of rotatable bonds is 2. The molecular weight excluding hydrogens is 510 g/mol. The minimum absolute atomic E-state index is 0.137. The van der Waals surface area contributed by atoms with Gasteiger partial charge in [0.1, 0.15) is 17.2 Å². The second-order valence-electron chi connectivity index (χ2n) is 10.3. The highest BCUT2D eigenvalue weighted by Crippen LogP contribution is 2.35. The third-order valence-electron chi connectivity index (χ3n) is 7.75. The molecule has 0 radical (unpaired) electrons. The van der Waals surface area contributed by atoms with E-state index in [0.29, 0.717) is 49.9 Å². The Morgan fingerprint density at radius 1 is 0.975 bits per heavy atom. The fourth-order valence-electron chi connectivity index (χ4n) is 5.63. The summed E-state index contributed by atoms with van der Waals surface area (Å²) in [6.07, 6.45) is 1.87. The smallest absolute Gasteiger partial charge is 0.276 e. The zero-order chi connectivity index (χ0) is 27.6. The summed E-state index contributed by atoms with van der Waals surface area (Å²) in [5.74, 6) is -0.0338. The Hall–Kier alpha value is -4.60. The summed E-state index contributed by atoms with van der Waals surface area (Å²) in [7, 11) is 0. The summed E-state index contributed by atoms with van der Waals surface area (Å²) >= 11 is 0. The van der Waals surface area contributed by atoms with Crippen LogP contribution in [0.5, 0.6) is 5.75 Å². The molecule has 206 valence electrons. The van der Waals surface area contributed by atoms with E-state index in [-0.39, 0.29) is 42.4 Å². The number of benzene rings is 2. The van der Waals surface area contributed by atoms with Crippen LogP contribution in [0.3, 0.4) is 0 Å². The minimum atomic E-state index is -0.451. The molecule has 1 fully saturated rings. The third-order valence-corrected chi connectivity index (χ3v) is 7.75. The van der Waals surface area contributed by atoms with Crippen molar-refractivity contribution in [2.75, 3.05) is 39.3 Å². The molecule has 1 saturated heterocycles. The van der Waals surface area contributed by atoms with Gasteiger partial charge < -0.3 is 29.3 Å². The molecule has 2 aromatic heterocycles. The highest BCUT2D eigenvalue weighted by Gasteiger charge is 2.41. The fraction of sp³-hybridized carbons (Fsp3) is 0.333. The largest absolute Gasteiger partial charge is 0.494 e. The van der Waals surface area contributed by atoms with Crippen molar-refractivity contribution in [3.63, 3.8) is 0 Å². The number of aryl methyl sites for hydroxylation is 1. The number of carbonyl (C=O) groups is 3. The van der Waals surface area contributed by atoms with E-state index in [2.05, 4.69) is 15.3 Å². The van der Waals surface area contributed by atoms with Gasteiger partial charge >= 0.3 is 0 Å². The molecular formula is C30H31N5O5. The average Bonchev–Trinajstić information content (AvgIpc) is 3.71. The van der Waals surface area contributed by atoms with Crippen molar-refractivity contribution in [1.29, 1.82) is 0 Å². The molecule has 0 aliphatic carbocycles. The Kier molecular flexibility index (Phi) is 6.98. The van der Waals surface area contributed by atoms with Crippen molar-refractivity contribution < 1.29 is 23.5 Å². The molecule has 10 nitrogen and oxygen atoms in total. The molecule has 0 saturated carbocycles. The number of fused-ring (bicyclic) bond motifs is 5. The quantitative estimate of drug-likeness (QED) is 0.402. The van der Waals surface area contributed by atoms with E-state index in [0.717, 1.165) is 16.5 Å². The molecule has 2 aliphatic rings. The maximum absolute atomic E-state index is 13.5. The van der Waals surface area contributed by atoms with Crippen molar-refractivity contribution in [1.82, 2.24) is 25.1 Å². The first-order valence-corrected chi connectivity index (χ1v) is 13.5. The molecule has 4 aromatic rings. The predicted molar refractivity (Wildman–Crippen MR) is 147 cm³/mol. The van der Waals surface area contributed by atoms with Gasteiger partial charge in [0.15, 0.2) is 12.1 Å². The summed E-state index contributed by atoms with van der Waals surface area (Å²) in [4.78, 5) is 50.9. The minimum Gasteiger partial charge on any atom is -0.494 e. The van der Waals surface area contributed by atoms with Crippen molar-refractivity contribution >= 4 is 28.6 Å². The van der Waals surface area contributed by atoms with Gasteiger partial charge in [-0.15, -0.1) is 0 Å². The second-order valence-corrected chi connectivity index (χ2v) is 10.3. The van der Waals surface area contributed by atoms with Crippen molar-refractivity contribution in [3.8, 4) is 5.75 Å². The number of ether oxygens (including phenoxy) is 1. The standard InChI is InChI=1S/C30H31N5O5/c1-19-27(32-18-40-19)30(38)34-11-5-13-39-22-8-4-7-20(14-22)23-16-35(17-24(23)28(36)31-10-12-34)29(37)26-15-21-6-2-3-9-25(21)33-26/h2-4,6-9,14-15,18,23-24,33H,5,10-13,16-17H2,1H3,(H,31,36)/t23-,24+/m1/s1. The number of hydrogen-bond acceptors (Lipinski definition) is 6. The van der Waals surface area contributed by atoms with Crippen LogP contribution in [-0.4, -0.2) is 76.8 Å². The zero-order valence-electron chi connectivity index (χ0n) is 22.3. The molecule has 6 rings (SSSR count). The van der Waals surface area contributed by atoms with E-state index in [9.17, 15) is 14.4 Å². The lowest BCUT2D eigenvalue weighted by Gasteiger charge is -2.24. The molecule has 4 heterocycles. The topological polar surface area (TPSA) is 121 Å². The number of oxazole rings is 1. The first-order chi connectivity index (χ1) is 19.5. The van der Waals surface area contributed by atoms with Gasteiger partial charge in [-0.1, -0.05) is 30.3 Å².